The van der Waals surface area contributed by atoms with Gasteiger partial charge < -0.3 is 15.0 Å². The van der Waals surface area contributed by atoms with Crippen LogP contribution >= 0.6 is 0 Å². The molecule has 224 valence electrons. The lowest BCUT2D eigenvalue weighted by Gasteiger charge is -2.34. The summed E-state index contributed by atoms with van der Waals surface area (Å²) < 4.78 is 32.5. The first-order valence-corrected chi connectivity index (χ1v) is 16.4. The zero-order valence-electron chi connectivity index (χ0n) is 24.7. The number of rotatable bonds is 13. The van der Waals surface area contributed by atoms with E-state index in [9.17, 15) is 18.0 Å². The Hall–Kier alpha value is -3.85. The molecular formula is C33H41N3O5S. The molecule has 2 amide bonds. The third kappa shape index (κ3) is 8.58. The van der Waals surface area contributed by atoms with Gasteiger partial charge in [0.15, 0.2) is 0 Å². The van der Waals surface area contributed by atoms with Gasteiger partial charge in [-0.3, -0.25) is 13.9 Å². The maximum absolute atomic E-state index is 14.2. The molecule has 9 heteroatoms. The highest BCUT2D eigenvalue weighted by Gasteiger charge is 2.34. The second-order valence-electron chi connectivity index (χ2n) is 10.9. The molecule has 1 N–H and O–H groups in total. The highest BCUT2D eigenvalue weighted by atomic mass is 32.2. The SMILES string of the molecule is CCOc1ccc(N(CC(=O)N(Cc2cccc(C)c2)[C@@H](Cc2ccccc2)C(=O)NC2CCCC2)S(C)(=O)=O)cc1. The molecule has 0 saturated heterocycles. The fourth-order valence-electron chi connectivity index (χ4n) is 5.42. The number of benzene rings is 3. The molecule has 3 aromatic rings. The summed E-state index contributed by atoms with van der Waals surface area (Å²) in [4.78, 5) is 29.7. The van der Waals surface area contributed by atoms with Crippen LogP contribution < -0.4 is 14.4 Å². The van der Waals surface area contributed by atoms with Gasteiger partial charge in [0.1, 0.15) is 18.3 Å². The van der Waals surface area contributed by atoms with Crippen LogP contribution in [0.1, 0.15) is 49.3 Å². The summed E-state index contributed by atoms with van der Waals surface area (Å²) in [6.07, 6.45) is 5.33. The lowest BCUT2D eigenvalue weighted by molar-refractivity contribution is -0.140. The van der Waals surface area contributed by atoms with Crippen molar-refractivity contribution >= 4 is 27.5 Å². The predicted molar refractivity (Wildman–Crippen MR) is 166 cm³/mol. The first-order valence-electron chi connectivity index (χ1n) is 14.5. The zero-order chi connectivity index (χ0) is 30.1. The van der Waals surface area contributed by atoms with Crippen LogP contribution in [0.5, 0.6) is 5.75 Å². The smallest absolute Gasteiger partial charge is 0.244 e. The number of hydrogen-bond donors (Lipinski definition) is 1. The monoisotopic (exact) mass is 591 g/mol. The summed E-state index contributed by atoms with van der Waals surface area (Å²) in [7, 11) is -3.83. The molecule has 3 aromatic carbocycles. The van der Waals surface area contributed by atoms with E-state index in [2.05, 4.69) is 5.32 Å². The van der Waals surface area contributed by atoms with E-state index < -0.39 is 28.5 Å². The number of ether oxygens (including phenoxy) is 1. The summed E-state index contributed by atoms with van der Waals surface area (Å²) in [6.45, 7) is 4.04. The van der Waals surface area contributed by atoms with E-state index in [-0.39, 0.29) is 18.5 Å². The number of sulfonamides is 1. The lowest BCUT2D eigenvalue weighted by Crippen LogP contribution is -2.54. The molecule has 1 aliphatic rings. The van der Waals surface area contributed by atoms with Crippen LogP contribution in [0.3, 0.4) is 0 Å². The maximum atomic E-state index is 14.2. The topological polar surface area (TPSA) is 96.0 Å². The molecule has 0 unspecified atom stereocenters. The van der Waals surface area contributed by atoms with Gasteiger partial charge in [-0.1, -0.05) is 73.0 Å². The van der Waals surface area contributed by atoms with Crippen molar-refractivity contribution in [3.8, 4) is 5.75 Å². The molecule has 0 radical (unpaired) electrons. The number of nitrogens with zero attached hydrogens (tertiary/aromatic N) is 2. The van der Waals surface area contributed by atoms with E-state index in [1.807, 2.05) is 68.4 Å². The number of anilines is 1. The van der Waals surface area contributed by atoms with E-state index in [1.54, 1.807) is 29.2 Å². The van der Waals surface area contributed by atoms with Crippen molar-refractivity contribution < 1.29 is 22.7 Å². The average molecular weight is 592 g/mol. The Morgan fingerprint density at radius 3 is 2.24 bits per heavy atom. The molecule has 0 aromatic heterocycles. The lowest BCUT2D eigenvalue weighted by atomic mass is 10.0. The van der Waals surface area contributed by atoms with E-state index in [4.69, 9.17) is 4.74 Å². The van der Waals surface area contributed by atoms with Gasteiger partial charge in [0.2, 0.25) is 21.8 Å². The first kappa shape index (κ1) is 31.1. The van der Waals surface area contributed by atoms with E-state index in [0.29, 0.717) is 24.5 Å². The number of aryl methyl sites for hydroxylation is 1. The molecule has 0 spiro atoms. The quantitative estimate of drug-likeness (QED) is 0.306. The third-order valence-corrected chi connectivity index (χ3v) is 8.66. The van der Waals surface area contributed by atoms with E-state index in [1.165, 1.54) is 0 Å². The summed E-state index contributed by atoms with van der Waals surface area (Å²) in [5.41, 5.74) is 3.15. The van der Waals surface area contributed by atoms with Crippen molar-refractivity contribution in [2.24, 2.45) is 0 Å². The molecule has 42 heavy (non-hydrogen) atoms. The fraction of sp³-hybridized carbons (Fsp3) is 0.394. The van der Waals surface area contributed by atoms with Gasteiger partial charge in [-0.25, -0.2) is 8.42 Å². The zero-order valence-corrected chi connectivity index (χ0v) is 25.5. The molecule has 8 nitrogen and oxygen atoms in total. The van der Waals surface area contributed by atoms with Gasteiger partial charge in [-0.15, -0.1) is 0 Å². The van der Waals surface area contributed by atoms with Crippen molar-refractivity contribution in [2.75, 3.05) is 23.7 Å². The fourth-order valence-corrected chi connectivity index (χ4v) is 6.27. The van der Waals surface area contributed by atoms with Gasteiger partial charge in [0, 0.05) is 19.0 Å². The maximum Gasteiger partial charge on any atom is 0.244 e. The number of amides is 2. The standard InChI is InChI=1S/C33H41N3O5S/c1-4-41-30-19-17-29(18-20-30)36(42(3,39)40)24-32(37)35(23-27-14-10-11-25(2)21-27)31(22-26-12-6-5-7-13-26)33(38)34-28-15-8-9-16-28/h5-7,10-14,17-21,28,31H,4,8-9,15-16,22-24H2,1-3H3,(H,34,38)/t31-/m0/s1. The molecule has 1 atom stereocenters. The largest absolute Gasteiger partial charge is 0.494 e. The normalized spacial score (nSPS) is 14.3. The molecule has 0 aliphatic heterocycles. The van der Waals surface area contributed by atoms with Gasteiger partial charge in [0.05, 0.1) is 18.6 Å². The minimum absolute atomic E-state index is 0.0723. The first-order chi connectivity index (χ1) is 20.1. The second kappa shape index (κ2) is 14.4. The van der Waals surface area contributed by atoms with Crippen LogP contribution in [0.2, 0.25) is 0 Å². The summed E-state index contributed by atoms with van der Waals surface area (Å²) in [5.74, 6) is -0.0781. The van der Waals surface area contributed by atoms with Crippen molar-refractivity contribution in [2.45, 2.75) is 64.6 Å². The highest BCUT2D eigenvalue weighted by Crippen LogP contribution is 2.24. The van der Waals surface area contributed by atoms with Crippen molar-refractivity contribution in [1.29, 1.82) is 0 Å². The number of carbonyl (C=O) groups is 2. The van der Waals surface area contributed by atoms with Crippen LogP contribution in [0.4, 0.5) is 5.69 Å². The number of nitrogens with one attached hydrogen (secondary N) is 1. The third-order valence-electron chi connectivity index (χ3n) is 7.52. The van der Waals surface area contributed by atoms with Crippen LogP contribution in [-0.2, 0) is 32.6 Å². The highest BCUT2D eigenvalue weighted by molar-refractivity contribution is 7.92. The Kier molecular flexibility index (Phi) is 10.6. The molecule has 0 bridgehead atoms. The Balaban J connectivity index is 1.70. The average Bonchev–Trinajstić information content (AvgIpc) is 3.47. The Morgan fingerprint density at radius 2 is 1.62 bits per heavy atom. The van der Waals surface area contributed by atoms with Gasteiger partial charge in [-0.2, -0.15) is 0 Å². The predicted octanol–water partition coefficient (Wildman–Crippen LogP) is 4.86. The number of hydrogen-bond acceptors (Lipinski definition) is 5. The molecule has 1 fully saturated rings. The van der Waals surface area contributed by atoms with Gasteiger partial charge in [0.25, 0.3) is 0 Å². The van der Waals surface area contributed by atoms with Crippen molar-refractivity contribution in [3.63, 3.8) is 0 Å². The van der Waals surface area contributed by atoms with Crippen LogP contribution in [0.25, 0.3) is 0 Å². The van der Waals surface area contributed by atoms with E-state index >= 15 is 0 Å². The minimum atomic E-state index is -3.83. The van der Waals surface area contributed by atoms with Crippen LogP contribution in [-0.4, -0.2) is 56.6 Å². The summed E-state index contributed by atoms with van der Waals surface area (Å²) >= 11 is 0. The van der Waals surface area contributed by atoms with Gasteiger partial charge in [-0.05, 0) is 62.1 Å². The summed E-state index contributed by atoms with van der Waals surface area (Å²) in [5, 5.41) is 3.19. The van der Waals surface area contributed by atoms with Gasteiger partial charge >= 0.3 is 0 Å². The molecule has 0 heterocycles. The molecular weight excluding hydrogens is 550 g/mol. The molecule has 4 rings (SSSR count). The Morgan fingerprint density at radius 1 is 0.952 bits per heavy atom. The van der Waals surface area contributed by atoms with E-state index in [0.717, 1.165) is 52.9 Å². The second-order valence-corrected chi connectivity index (χ2v) is 12.8. The Labute approximate surface area is 249 Å². The van der Waals surface area contributed by atoms with Crippen LogP contribution in [0, 0.1) is 6.92 Å². The summed E-state index contributed by atoms with van der Waals surface area (Å²) in [6, 6.07) is 23.2. The Bertz CT molecular complexity index is 1440. The molecule has 1 aliphatic carbocycles. The molecule has 1 saturated carbocycles. The van der Waals surface area contributed by atoms with Crippen molar-refractivity contribution in [1.82, 2.24) is 10.2 Å². The van der Waals surface area contributed by atoms with Crippen molar-refractivity contribution in [3.05, 3.63) is 95.6 Å². The number of carbonyl (C=O) groups excluding carboxylic acids is 2. The minimum Gasteiger partial charge on any atom is -0.494 e. The van der Waals surface area contributed by atoms with Crippen LogP contribution in [0.15, 0.2) is 78.9 Å².